The fourth-order valence-electron chi connectivity index (χ4n) is 2.17. The quantitative estimate of drug-likeness (QED) is 0.428. The van der Waals surface area contributed by atoms with Crippen molar-refractivity contribution in [1.82, 2.24) is 19.6 Å². The summed E-state index contributed by atoms with van der Waals surface area (Å²) in [6.07, 6.45) is -3.35. The van der Waals surface area contributed by atoms with Gasteiger partial charge in [0.2, 0.25) is 0 Å². The largest absolute Gasteiger partial charge is 0.405 e. The summed E-state index contributed by atoms with van der Waals surface area (Å²) in [7, 11) is 0. The standard InChI is InChI=1S/C13H8ClF3N6O2/c14-10-9(7-1-3-8(4-2-7)23(24)25)11(18-5-13(15,16)17)22-12(21-10)19-6-20-22/h1-4,6,18H,5H2. The maximum atomic E-state index is 12.6. The van der Waals surface area contributed by atoms with Crippen LogP contribution in [0.3, 0.4) is 0 Å². The average Bonchev–Trinajstić information content (AvgIpc) is 2.99. The average molecular weight is 373 g/mol. The van der Waals surface area contributed by atoms with E-state index in [1.807, 2.05) is 0 Å². The highest BCUT2D eigenvalue weighted by Crippen LogP contribution is 2.35. The number of nitro groups is 1. The van der Waals surface area contributed by atoms with E-state index in [0.29, 0.717) is 5.56 Å². The monoisotopic (exact) mass is 372 g/mol. The van der Waals surface area contributed by atoms with Crippen molar-refractivity contribution in [1.29, 1.82) is 0 Å². The molecule has 25 heavy (non-hydrogen) atoms. The van der Waals surface area contributed by atoms with E-state index in [1.54, 1.807) is 0 Å². The van der Waals surface area contributed by atoms with Crippen LogP contribution >= 0.6 is 11.6 Å². The predicted molar refractivity (Wildman–Crippen MR) is 82.4 cm³/mol. The van der Waals surface area contributed by atoms with Gasteiger partial charge >= 0.3 is 6.18 Å². The first-order valence-corrected chi connectivity index (χ1v) is 7.09. The molecule has 0 fully saturated rings. The fraction of sp³-hybridized carbons (Fsp3) is 0.154. The van der Waals surface area contributed by atoms with Gasteiger partial charge in [-0.25, -0.2) is 0 Å². The Hall–Kier alpha value is -2.95. The summed E-state index contributed by atoms with van der Waals surface area (Å²) in [5.41, 5.74) is 0.295. The van der Waals surface area contributed by atoms with Crippen molar-refractivity contribution in [2.45, 2.75) is 6.18 Å². The first kappa shape index (κ1) is 16.9. The van der Waals surface area contributed by atoms with E-state index in [-0.39, 0.29) is 28.0 Å². The number of rotatable bonds is 4. The van der Waals surface area contributed by atoms with E-state index in [1.165, 1.54) is 24.3 Å². The molecule has 0 aliphatic heterocycles. The van der Waals surface area contributed by atoms with Crippen molar-refractivity contribution in [2.24, 2.45) is 0 Å². The third-order valence-electron chi connectivity index (χ3n) is 3.21. The Kier molecular flexibility index (Phi) is 4.17. The lowest BCUT2D eigenvalue weighted by molar-refractivity contribution is -0.384. The number of nitrogens with zero attached hydrogens (tertiary/aromatic N) is 5. The molecule has 0 bridgehead atoms. The van der Waals surface area contributed by atoms with Gasteiger partial charge in [-0.1, -0.05) is 11.6 Å². The lowest BCUT2D eigenvalue weighted by Gasteiger charge is -2.15. The van der Waals surface area contributed by atoms with Crippen LogP contribution in [0.5, 0.6) is 0 Å². The number of alkyl halides is 3. The van der Waals surface area contributed by atoms with Gasteiger partial charge in [0.1, 0.15) is 23.8 Å². The maximum absolute atomic E-state index is 12.6. The normalized spacial score (nSPS) is 11.7. The van der Waals surface area contributed by atoms with Crippen molar-refractivity contribution < 1.29 is 18.1 Å². The molecule has 0 amide bonds. The number of aromatic nitrogens is 4. The van der Waals surface area contributed by atoms with Crippen LogP contribution in [0.25, 0.3) is 16.9 Å². The first-order valence-electron chi connectivity index (χ1n) is 6.71. The van der Waals surface area contributed by atoms with Crippen LogP contribution in [0.15, 0.2) is 30.6 Å². The molecule has 2 aromatic heterocycles. The van der Waals surface area contributed by atoms with Gasteiger partial charge in [0, 0.05) is 12.1 Å². The van der Waals surface area contributed by atoms with E-state index in [0.717, 1.165) is 10.8 Å². The van der Waals surface area contributed by atoms with Crippen molar-refractivity contribution >= 4 is 28.9 Å². The van der Waals surface area contributed by atoms with Crippen LogP contribution in [0.1, 0.15) is 0 Å². The van der Waals surface area contributed by atoms with Gasteiger partial charge in [0.05, 0.1) is 10.5 Å². The molecule has 8 nitrogen and oxygen atoms in total. The number of fused-ring (bicyclic) bond motifs is 1. The number of anilines is 1. The fourth-order valence-corrected chi connectivity index (χ4v) is 2.44. The Balaban J connectivity index is 2.15. The zero-order chi connectivity index (χ0) is 18.2. The summed E-state index contributed by atoms with van der Waals surface area (Å²) in [6.45, 7) is -1.33. The van der Waals surface area contributed by atoms with Gasteiger partial charge in [-0.2, -0.15) is 32.8 Å². The third kappa shape index (κ3) is 3.45. The minimum atomic E-state index is -4.48. The number of nitro benzene ring substituents is 1. The molecular weight excluding hydrogens is 365 g/mol. The summed E-state index contributed by atoms with van der Waals surface area (Å²) in [4.78, 5) is 17.9. The van der Waals surface area contributed by atoms with Gasteiger partial charge in [-0.15, -0.1) is 0 Å². The van der Waals surface area contributed by atoms with Crippen molar-refractivity contribution in [3.63, 3.8) is 0 Å². The number of nitrogens with one attached hydrogen (secondary N) is 1. The molecule has 0 atom stereocenters. The molecule has 130 valence electrons. The summed E-state index contributed by atoms with van der Waals surface area (Å²) < 4.78 is 38.9. The van der Waals surface area contributed by atoms with Gasteiger partial charge < -0.3 is 5.32 Å². The smallest absolute Gasteiger partial charge is 0.360 e. The molecule has 0 radical (unpaired) electrons. The number of halogens is 4. The molecule has 0 saturated heterocycles. The second-order valence-electron chi connectivity index (χ2n) is 4.87. The highest BCUT2D eigenvalue weighted by atomic mass is 35.5. The Morgan fingerprint density at radius 2 is 1.96 bits per heavy atom. The number of hydrogen-bond acceptors (Lipinski definition) is 6. The van der Waals surface area contributed by atoms with E-state index in [4.69, 9.17) is 11.6 Å². The van der Waals surface area contributed by atoms with Gasteiger partial charge in [-0.3, -0.25) is 10.1 Å². The van der Waals surface area contributed by atoms with Crippen LogP contribution in [-0.4, -0.2) is 37.2 Å². The minimum Gasteiger partial charge on any atom is -0.360 e. The van der Waals surface area contributed by atoms with Gasteiger partial charge in [0.15, 0.2) is 0 Å². The number of hydrogen-bond donors (Lipinski definition) is 1. The lowest BCUT2D eigenvalue weighted by atomic mass is 10.1. The topological polar surface area (TPSA) is 98.2 Å². The SMILES string of the molecule is O=[N+]([O-])c1ccc(-c2c(Cl)nc3ncnn3c2NCC(F)(F)F)cc1. The minimum absolute atomic E-state index is 0.0142. The molecule has 0 aliphatic rings. The highest BCUT2D eigenvalue weighted by Gasteiger charge is 2.28. The van der Waals surface area contributed by atoms with E-state index >= 15 is 0 Å². The molecule has 0 spiro atoms. The first-order chi connectivity index (χ1) is 11.8. The Morgan fingerprint density at radius 1 is 1.28 bits per heavy atom. The third-order valence-corrected chi connectivity index (χ3v) is 3.48. The van der Waals surface area contributed by atoms with Gasteiger partial charge in [-0.05, 0) is 17.7 Å². The van der Waals surface area contributed by atoms with Crippen molar-refractivity contribution in [3.8, 4) is 11.1 Å². The van der Waals surface area contributed by atoms with Crippen LogP contribution in [0.4, 0.5) is 24.7 Å². The zero-order valence-corrected chi connectivity index (χ0v) is 12.9. The lowest BCUT2D eigenvalue weighted by Crippen LogP contribution is -2.23. The molecule has 12 heteroatoms. The molecule has 1 aromatic carbocycles. The second kappa shape index (κ2) is 6.16. The molecule has 1 N–H and O–H groups in total. The molecule has 3 aromatic rings. The van der Waals surface area contributed by atoms with Crippen LogP contribution in [0, 0.1) is 10.1 Å². The zero-order valence-electron chi connectivity index (χ0n) is 12.2. The Bertz CT molecular complexity index is 941. The summed E-state index contributed by atoms with van der Waals surface area (Å²) >= 11 is 6.10. The molecular formula is C13H8ClF3N6O2. The van der Waals surface area contributed by atoms with Crippen LogP contribution in [-0.2, 0) is 0 Å². The predicted octanol–water partition coefficient (Wildman–Crippen LogP) is 3.33. The number of benzene rings is 1. The summed E-state index contributed by atoms with van der Waals surface area (Å²) in [5.74, 6) is -0.0565. The van der Waals surface area contributed by atoms with Crippen molar-refractivity contribution in [3.05, 3.63) is 45.9 Å². The maximum Gasteiger partial charge on any atom is 0.405 e. The summed E-state index contributed by atoms with van der Waals surface area (Å²) in [6, 6.07) is 5.15. The highest BCUT2D eigenvalue weighted by molar-refractivity contribution is 6.32. The molecule has 2 heterocycles. The molecule has 0 unspecified atom stereocenters. The van der Waals surface area contributed by atoms with E-state index < -0.39 is 17.6 Å². The Morgan fingerprint density at radius 3 is 2.56 bits per heavy atom. The van der Waals surface area contributed by atoms with Crippen molar-refractivity contribution in [2.75, 3.05) is 11.9 Å². The number of non-ortho nitro benzene ring substituents is 1. The van der Waals surface area contributed by atoms with Crippen LogP contribution < -0.4 is 5.32 Å². The summed E-state index contributed by atoms with van der Waals surface area (Å²) in [5, 5.41) is 16.7. The second-order valence-corrected chi connectivity index (χ2v) is 5.23. The van der Waals surface area contributed by atoms with Gasteiger partial charge in [0.25, 0.3) is 11.5 Å². The molecule has 3 rings (SSSR count). The molecule has 0 aliphatic carbocycles. The Labute approximate surface area is 142 Å². The van der Waals surface area contributed by atoms with E-state index in [9.17, 15) is 23.3 Å². The molecule has 0 saturated carbocycles. The van der Waals surface area contributed by atoms with E-state index in [2.05, 4.69) is 20.4 Å². The van der Waals surface area contributed by atoms with Crippen LogP contribution in [0.2, 0.25) is 5.15 Å².